The predicted octanol–water partition coefficient (Wildman–Crippen LogP) is 24.7. The minimum atomic E-state index is -4.96. The number of aliphatic hydroxyl groups excluding tert-OH is 1. The number of phosphoric acid groups is 2. The molecular formula is C82H160O17P2. The molecule has 0 aromatic rings. The molecule has 0 aromatic carbocycles. The second-order valence-corrected chi connectivity index (χ2v) is 33.1. The monoisotopic (exact) mass is 1480 g/mol. The smallest absolute Gasteiger partial charge is 0.462 e. The molecule has 0 spiro atoms. The Bertz CT molecular complexity index is 1940. The molecule has 0 bridgehead atoms. The maximum atomic E-state index is 13.1. The third-order valence-corrected chi connectivity index (χ3v) is 21.5. The first-order chi connectivity index (χ1) is 48.9. The Morgan fingerprint density at radius 1 is 0.287 bits per heavy atom. The molecule has 0 aromatic heterocycles. The summed E-state index contributed by atoms with van der Waals surface area (Å²) >= 11 is 0. The number of esters is 4. The molecule has 0 fully saturated rings. The topological polar surface area (TPSA) is 237 Å². The molecule has 0 aliphatic heterocycles. The van der Waals surface area contributed by atoms with E-state index in [-0.39, 0.29) is 25.7 Å². The van der Waals surface area contributed by atoms with E-state index in [2.05, 4.69) is 41.5 Å². The molecule has 600 valence electrons. The summed E-state index contributed by atoms with van der Waals surface area (Å²) < 4.78 is 68.7. The fraction of sp³-hybridized carbons (Fsp3) is 0.951. The van der Waals surface area contributed by atoms with Crippen molar-refractivity contribution in [3.63, 3.8) is 0 Å². The molecule has 0 amide bonds. The van der Waals surface area contributed by atoms with Crippen molar-refractivity contribution in [3.05, 3.63) is 0 Å². The zero-order valence-corrected chi connectivity index (χ0v) is 68.0. The first-order valence-corrected chi connectivity index (χ1v) is 45.5. The quantitative estimate of drug-likeness (QED) is 0.0222. The summed E-state index contributed by atoms with van der Waals surface area (Å²) in [4.78, 5) is 73.0. The summed E-state index contributed by atoms with van der Waals surface area (Å²) in [5.41, 5.74) is 0. The van der Waals surface area contributed by atoms with Gasteiger partial charge in [0.2, 0.25) is 0 Å². The van der Waals surface area contributed by atoms with Crippen molar-refractivity contribution in [2.24, 2.45) is 11.8 Å². The lowest BCUT2D eigenvalue weighted by Gasteiger charge is -2.21. The number of aliphatic hydroxyl groups is 1. The van der Waals surface area contributed by atoms with Gasteiger partial charge in [0.05, 0.1) is 26.4 Å². The molecule has 17 nitrogen and oxygen atoms in total. The number of ether oxygens (including phenoxy) is 4. The fourth-order valence-electron chi connectivity index (χ4n) is 12.7. The highest BCUT2D eigenvalue weighted by Crippen LogP contribution is 2.45. The van der Waals surface area contributed by atoms with Gasteiger partial charge in [-0.1, -0.05) is 382 Å². The van der Waals surface area contributed by atoms with Gasteiger partial charge in [0.1, 0.15) is 19.3 Å². The number of unbranched alkanes of at least 4 members (excludes halogenated alkanes) is 50. The SMILES string of the molecule is CCCCCCCCCCCCCCCCCCCCCCC(=O)O[C@H](COC(=O)CCCCCCCCCCCCCCCCC(C)CC)COP(=O)(O)OC[C@@H](O)COP(=O)(O)OC[C@@H](COC(=O)CCCCCCCCCCC)OC(=O)CCCCCCCCCCCCCC(C)C. The number of hydrogen-bond acceptors (Lipinski definition) is 15. The fourth-order valence-corrected chi connectivity index (χ4v) is 14.3. The lowest BCUT2D eigenvalue weighted by molar-refractivity contribution is -0.161. The van der Waals surface area contributed by atoms with Gasteiger partial charge >= 0.3 is 39.5 Å². The van der Waals surface area contributed by atoms with Crippen LogP contribution < -0.4 is 0 Å². The molecule has 3 unspecified atom stereocenters. The minimum Gasteiger partial charge on any atom is -0.462 e. The summed E-state index contributed by atoms with van der Waals surface area (Å²) in [6.45, 7) is 9.68. The lowest BCUT2D eigenvalue weighted by atomic mass is 9.99. The Balaban J connectivity index is 5.22. The van der Waals surface area contributed by atoms with E-state index in [9.17, 15) is 43.2 Å². The van der Waals surface area contributed by atoms with Crippen LogP contribution in [0.2, 0.25) is 0 Å². The van der Waals surface area contributed by atoms with Crippen LogP contribution in [0.15, 0.2) is 0 Å². The van der Waals surface area contributed by atoms with E-state index in [1.165, 1.54) is 250 Å². The third kappa shape index (κ3) is 74.7. The molecule has 0 rings (SSSR count). The molecule has 0 heterocycles. The van der Waals surface area contributed by atoms with E-state index >= 15 is 0 Å². The van der Waals surface area contributed by atoms with E-state index in [0.29, 0.717) is 25.7 Å². The second kappa shape index (κ2) is 73.6. The van der Waals surface area contributed by atoms with Gasteiger partial charge < -0.3 is 33.8 Å². The first-order valence-electron chi connectivity index (χ1n) is 42.5. The number of phosphoric ester groups is 2. The molecule has 0 saturated heterocycles. The van der Waals surface area contributed by atoms with Gasteiger partial charge in [0.15, 0.2) is 12.2 Å². The highest BCUT2D eigenvalue weighted by Gasteiger charge is 2.30. The van der Waals surface area contributed by atoms with Crippen molar-refractivity contribution >= 4 is 39.5 Å². The predicted molar refractivity (Wildman–Crippen MR) is 414 cm³/mol. The number of carbonyl (C=O) groups excluding carboxylic acids is 4. The number of hydrogen-bond donors (Lipinski definition) is 3. The summed E-state index contributed by atoms with van der Waals surface area (Å²) in [6, 6.07) is 0. The van der Waals surface area contributed by atoms with Gasteiger partial charge in [0, 0.05) is 25.7 Å². The van der Waals surface area contributed by atoms with Crippen LogP contribution in [0.3, 0.4) is 0 Å². The van der Waals surface area contributed by atoms with Crippen molar-refractivity contribution in [2.75, 3.05) is 39.6 Å². The molecule has 6 atom stereocenters. The molecule has 3 N–H and O–H groups in total. The van der Waals surface area contributed by atoms with Gasteiger partial charge in [-0.3, -0.25) is 37.3 Å². The van der Waals surface area contributed by atoms with Crippen LogP contribution in [-0.2, 0) is 65.4 Å². The van der Waals surface area contributed by atoms with Gasteiger partial charge in [-0.05, 0) is 37.5 Å². The zero-order valence-electron chi connectivity index (χ0n) is 66.2. The largest absolute Gasteiger partial charge is 0.472 e. The average Bonchev–Trinajstić information content (AvgIpc) is 1.39. The van der Waals surface area contributed by atoms with E-state index in [4.69, 9.17) is 37.0 Å². The summed E-state index contributed by atoms with van der Waals surface area (Å²) in [5.74, 6) is -0.493. The maximum absolute atomic E-state index is 13.1. The molecule has 101 heavy (non-hydrogen) atoms. The first kappa shape index (κ1) is 99.1. The van der Waals surface area contributed by atoms with Gasteiger partial charge in [0.25, 0.3) is 0 Å². The molecule has 19 heteroatoms. The standard InChI is InChI=1S/C82H160O17P2/c1-7-10-12-14-16-18-19-20-21-22-23-24-25-26-31-36-42-48-54-60-66-81(86)99-78(71-93-80(85)65-59-53-47-41-35-30-28-27-29-34-40-45-51-57-63-75(6)9-3)73-97-101(90,91)95-69-76(83)68-94-100(88,89)96-72-77(70-92-79(84)64-58-52-46-38-17-15-13-11-8-2)98-82(87)67-61-55-49-43-37-32-33-39-44-50-56-62-74(4)5/h74-78,83H,7-73H2,1-6H3,(H,88,89)(H,90,91)/t75?,76-,77+,78+/m0/s1. The van der Waals surface area contributed by atoms with Crippen LogP contribution in [-0.4, -0.2) is 96.7 Å². The molecule has 0 aliphatic rings. The van der Waals surface area contributed by atoms with Crippen molar-refractivity contribution in [1.29, 1.82) is 0 Å². The minimum absolute atomic E-state index is 0.107. The van der Waals surface area contributed by atoms with E-state index < -0.39 is 97.5 Å². The Hall–Kier alpha value is -1.94. The van der Waals surface area contributed by atoms with Gasteiger partial charge in [-0.2, -0.15) is 0 Å². The average molecular weight is 1480 g/mol. The maximum Gasteiger partial charge on any atom is 0.472 e. The Morgan fingerprint density at radius 3 is 0.752 bits per heavy atom. The van der Waals surface area contributed by atoms with E-state index in [1.54, 1.807) is 0 Å². The summed E-state index contributed by atoms with van der Waals surface area (Å²) in [5, 5.41) is 10.6. The summed E-state index contributed by atoms with van der Waals surface area (Å²) in [7, 11) is -9.92. The van der Waals surface area contributed by atoms with Gasteiger partial charge in [-0.15, -0.1) is 0 Å². The Labute approximate surface area is 619 Å². The van der Waals surface area contributed by atoms with Gasteiger partial charge in [-0.25, -0.2) is 9.13 Å². The number of rotatable bonds is 81. The van der Waals surface area contributed by atoms with Crippen molar-refractivity contribution in [2.45, 2.75) is 452 Å². The van der Waals surface area contributed by atoms with Crippen molar-refractivity contribution in [1.82, 2.24) is 0 Å². The van der Waals surface area contributed by atoms with Crippen LogP contribution in [0.4, 0.5) is 0 Å². The van der Waals surface area contributed by atoms with Crippen LogP contribution in [0.1, 0.15) is 433 Å². The van der Waals surface area contributed by atoms with Crippen LogP contribution in [0.25, 0.3) is 0 Å². The molecular weight excluding hydrogens is 1320 g/mol. The van der Waals surface area contributed by atoms with Crippen LogP contribution in [0.5, 0.6) is 0 Å². The third-order valence-electron chi connectivity index (χ3n) is 19.6. The van der Waals surface area contributed by atoms with Crippen LogP contribution in [0, 0.1) is 11.8 Å². The second-order valence-electron chi connectivity index (χ2n) is 30.2. The molecule has 0 aliphatic carbocycles. The van der Waals surface area contributed by atoms with Crippen LogP contribution >= 0.6 is 15.6 Å². The zero-order chi connectivity index (χ0) is 74.2. The normalized spacial score (nSPS) is 14.2. The Morgan fingerprint density at radius 2 is 0.505 bits per heavy atom. The van der Waals surface area contributed by atoms with E-state index in [1.807, 2.05) is 0 Å². The van der Waals surface area contributed by atoms with E-state index in [0.717, 1.165) is 102 Å². The van der Waals surface area contributed by atoms with Crippen molar-refractivity contribution < 1.29 is 80.2 Å². The lowest BCUT2D eigenvalue weighted by Crippen LogP contribution is -2.30. The molecule has 0 radical (unpaired) electrons. The summed E-state index contributed by atoms with van der Waals surface area (Å²) in [6.07, 6.45) is 63.8. The highest BCUT2D eigenvalue weighted by atomic mass is 31.2. The van der Waals surface area contributed by atoms with Crippen molar-refractivity contribution in [3.8, 4) is 0 Å². The Kier molecular flexibility index (Phi) is 72.2. The number of carbonyl (C=O) groups is 4. The molecule has 0 saturated carbocycles. The highest BCUT2D eigenvalue weighted by molar-refractivity contribution is 7.47.